The predicted molar refractivity (Wildman–Crippen MR) is 210 cm³/mol. The Morgan fingerprint density at radius 1 is 0.240 bits per heavy atom. The van der Waals surface area contributed by atoms with Crippen LogP contribution in [0.25, 0.3) is 110 Å². The molecule has 0 radical (unpaired) electrons. The highest BCUT2D eigenvalue weighted by atomic mass is 16.3. The minimum absolute atomic E-state index is 0.842. The van der Waals surface area contributed by atoms with E-state index in [2.05, 4.69) is 152 Å². The van der Waals surface area contributed by atoms with Gasteiger partial charge in [-0.2, -0.15) is 0 Å². The molecule has 0 amide bonds. The van der Waals surface area contributed by atoms with Crippen molar-refractivity contribution in [2.75, 3.05) is 0 Å². The zero-order chi connectivity index (χ0) is 32.8. The second-order valence-electron chi connectivity index (χ2n) is 13.2. The van der Waals surface area contributed by atoms with Gasteiger partial charge in [0.1, 0.15) is 22.3 Å². The summed E-state index contributed by atoms with van der Waals surface area (Å²) in [5.41, 5.74) is 10.8. The van der Waals surface area contributed by atoms with Crippen molar-refractivity contribution >= 4 is 76.2 Å². The third-order valence-electron chi connectivity index (χ3n) is 10.4. The van der Waals surface area contributed by atoms with Gasteiger partial charge >= 0.3 is 0 Å². The third-order valence-corrected chi connectivity index (χ3v) is 10.4. The highest BCUT2D eigenvalue weighted by molar-refractivity contribution is 6.21. The van der Waals surface area contributed by atoms with E-state index in [4.69, 9.17) is 8.83 Å². The number of benzene rings is 9. The molecule has 232 valence electrons. The number of furan rings is 2. The van der Waals surface area contributed by atoms with Crippen LogP contribution in [0.4, 0.5) is 0 Å². The molecule has 0 bridgehead atoms. The summed E-state index contributed by atoms with van der Waals surface area (Å²) in [6.45, 7) is 0. The molecule has 2 heterocycles. The lowest BCUT2D eigenvalue weighted by Gasteiger charge is -2.18. The molecule has 11 aromatic rings. The van der Waals surface area contributed by atoms with Crippen molar-refractivity contribution in [3.05, 3.63) is 170 Å². The molecule has 0 spiro atoms. The molecule has 2 heteroatoms. The van der Waals surface area contributed by atoms with E-state index >= 15 is 0 Å². The van der Waals surface area contributed by atoms with Crippen LogP contribution in [0.15, 0.2) is 179 Å². The van der Waals surface area contributed by atoms with Crippen molar-refractivity contribution in [3.8, 4) is 33.4 Å². The Balaban J connectivity index is 1.02. The smallest absolute Gasteiger partial charge is 0.139 e. The monoisotopic (exact) mass is 636 g/mol. The molecule has 0 fully saturated rings. The van der Waals surface area contributed by atoms with E-state index in [1.165, 1.54) is 60.3 Å². The van der Waals surface area contributed by atoms with E-state index in [0.717, 1.165) is 49.3 Å². The Morgan fingerprint density at radius 2 is 0.720 bits per heavy atom. The van der Waals surface area contributed by atoms with Crippen molar-refractivity contribution in [1.82, 2.24) is 0 Å². The van der Waals surface area contributed by atoms with E-state index in [-0.39, 0.29) is 0 Å². The predicted octanol–water partition coefficient (Wildman–Crippen LogP) is 13.9. The lowest BCUT2D eigenvalue weighted by molar-refractivity contribution is 0.656. The summed E-state index contributed by atoms with van der Waals surface area (Å²) in [7, 11) is 0. The van der Waals surface area contributed by atoms with Crippen LogP contribution < -0.4 is 0 Å². The Bertz CT molecular complexity index is 3070. The molecule has 0 saturated carbocycles. The van der Waals surface area contributed by atoms with Gasteiger partial charge in [-0.05, 0) is 96.0 Å². The van der Waals surface area contributed by atoms with Gasteiger partial charge < -0.3 is 8.83 Å². The maximum atomic E-state index is 6.42. The number of fused-ring (bicyclic) bond motifs is 9. The summed E-state index contributed by atoms with van der Waals surface area (Å²) in [5, 5.41) is 11.9. The molecule has 2 nitrogen and oxygen atoms in total. The normalized spacial score (nSPS) is 12.0. The van der Waals surface area contributed by atoms with Crippen molar-refractivity contribution in [2.45, 2.75) is 0 Å². The molecule has 9 aromatic carbocycles. The minimum atomic E-state index is 0.842. The number of para-hydroxylation sites is 1. The van der Waals surface area contributed by atoms with Gasteiger partial charge in [-0.25, -0.2) is 0 Å². The van der Waals surface area contributed by atoms with Crippen LogP contribution in [0.2, 0.25) is 0 Å². The van der Waals surface area contributed by atoms with E-state index in [1.54, 1.807) is 0 Å². The molecule has 50 heavy (non-hydrogen) atoms. The highest BCUT2D eigenvalue weighted by Crippen LogP contribution is 2.44. The lowest BCUT2D eigenvalue weighted by atomic mass is 9.85. The largest absolute Gasteiger partial charge is 0.456 e. The van der Waals surface area contributed by atoms with Crippen molar-refractivity contribution < 1.29 is 8.83 Å². The molecule has 0 aliphatic carbocycles. The average molecular weight is 637 g/mol. The second-order valence-corrected chi connectivity index (χ2v) is 13.2. The molecule has 0 atom stereocenters. The molecular weight excluding hydrogens is 609 g/mol. The van der Waals surface area contributed by atoms with Crippen LogP contribution in [0.3, 0.4) is 0 Å². The van der Waals surface area contributed by atoms with Crippen molar-refractivity contribution in [3.63, 3.8) is 0 Å². The van der Waals surface area contributed by atoms with E-state index in [9.17, 15) is 0 Å². The summed E-state index contributed by atoms with van der Waals surface area (Å²) < 4.78 is 12.6. The fourth-order valence-corrected chi connectivity index (χ4v) is 8.10. The van der Waals surface area contributed by atoms with Crippen LogP contribution >= 0.6 is 0 Å². The van der Waals surface area contributed by atoms with Crippen LogP contribution in [-0.4, -0.2) is 0 Å². The zero-order valence-electron chi connectivity index (χ0n) is 27.0. The van der Waals surface area contributed by atoms with Crippen molar-refractivity contribution in [1.29, 1.82) is 0 Å². The van der Waals surface area contributed by atoms with Crippen LogP contribution in [0.1, 0.15) is 0 Å². The Labute approximate surface area is 287 Å². The Hall–Kier alpha value is -6.64. The highest BCUT2D eigenvalue weighted by Gasteiger charge is 2.17. The van der Waals surface area contributed by atoms with Crippen LogP contribution in [0.5, 0.6) is 0 Å². The maximum Gasteiger partial charge on any atom is 0.139 e. The number of rotatable bonds is 3. The van der Waals surface area contributed by atoms with Gasteiger partial charge in [0.2, 0.25) is 0 Å². The number of hydrogen-bond donors (Lipinski definition) is 0. The molecule has 0 saturated heterocycles. The minimum Gasteiger partial charge on any atom is -0.456 e. The molecule has 0 aliphatic rings. The van der Waals surface area contributed by atoms with Gasteiger partial charge in [0.05, 0.1) is 0 Å². The first-order chi connectivity index (χ1) is 24.8. The first-order valence-corrected chi connectivity index (χ1v) is 17.1. The topological polar surface area (TPSA) is 26.3 Å². The quantitative estimate of drug-likeness (QED) is 0.180. The summed E-state index contributed by atoms with van der Waals surface area (Å²) >= 11 is 0. The van der Waals surface area contributed by atoms with Gasteiger partial charge in [0.25, 0.3) is 0 Å². The van der Waals surface area contributed by atoms with E-state index in [0.29, 0.717) is 0 Å². The Kier molecular flexibility index (Phi) is 5.70. The molecule has 11 rings (SSSR count). The molecule has 0 aliphatic heterocycles. The van der Waals surface area contributed by atoms with Gasteiger partial charge in [-0.1, -0.05) is 133 Å². The molecule has 0 N–H and O–H groups in total. The maximum absolute atomic E-state index is 6.42. The van der Waals surface area contributed by atoms with Gasteiger partial charge in [-0.3, -0.25) is 0 Å². The summed E-state index contributed by atoms with van der Waals surface area (Å²) in [4.78, 5) is 0. The van der Waals surface area contributed by atoms with Crippen LogP contribution in [-0.2, 0) is 0 Å². The van der Waals surface area contributed by atoms with Crippen LogP contribution in [0, 0.1) is 0 Å². The van der Waals surface area contributed by atoms with E-state index < -0.39 is 0 Å². The Morgan fingerprint density at radius 3 is 1.40 bits per heavy atom. The van der Waals surface area contributed by atoms with Gasteiger partial charge in [0, 0.05) is 27.6 Å². The first kappa shape index (κ1) is 27.3. The SMILES string of the molecule is c1ccc(-c2c3ccccc3c(-c3ccc(-c4ccc5cc6c(cc5c4)oc4cc5oc7ccccc7c5cc46)cc3)c3ccccc23)cc1. The molecular formula is C48H28O2. The zero-order valence-corrected chi connectivity index (χ0v) is 27.0. The summed E-state index contributed by atoms with van der Waals surface area (Å²) in [6.07, 6.45) is 0. The molecule has 0 unspecified atom stereocenters. The number of hydrogen-bond acceptors (Lipinski definition) is 2. The fraction of sp³-hybridized carbons (Fsp3) is 0. The van der Waals surface area contributed by atoms with Gasteiger partial charge in [-0.15, -0.1) is 0 Å². The summed E-state index contributed by atoms with van der Waals surface area (Å²) in [5.74, 6) is 0. The standard InChI is InChI=1S/C48H28O2/c1-2-10-30(11-3-1)47-36-13-4-6-15-38(36)48(39-16-7-5-14-37(39)47)31-20-18-29(19-21-31)32-22-23-33-25-40-42-27-41-35-12-8-9-17-43(35)49-45(41)28-46(42)50-44(40)26-34(33)24-32/h1-28H. The summed E-state index contributed by atoms with van der Waals surface area (Å²) in [6, 6.07) is 61.1. The molecule has 2 aromatic heterocycles. The first-order valence-electron chi connectivity index (χ1n) is 17.1. The fourth-order valence-electron chi connectivity index (χ4n) is 8.10. The van der Waals surface area contributed by atoms with Gasteiger partial charge in [0.15, 0.2) is 0 Å². The van der Waals surface area contributed by atoms with E-state index in [1.807, 2.05) is 18.2 Å². The van der Waals surface area contributed by atoms with Crippen molar-refractivity contribution in [2.24, 2.45) is 0 Å². The second kappa shape index (κ2) is 10.4. The average Bonchev–Trinajstić information content (AvgIpc) is 3.71. The lowest BCUT2D eigenvalue weighted by Crippen LogP contribution is -1.90. The third kappa shape index (κ3) is 4.03.